The minimum absolute atomic E-state index is 0.158. The largest absolute Gasteiger partial charge is 0.351 e. The summed E-state index contributed by atoms with van der Waals surface area (Å²) in [7, 11) is 0. The van der Waals surface area contributed by atoms with E-state index in [0.717, 1.165) is 30.5 Å². The molecular formula is C14H22N4O2. The lowest BCUT2D eigenvalue weighted by atomic mass is 10.0. The Morgan fingerprint density at radius 2 is 2.05 bits per heavy atom. The van der Waals surface area contributed by atoms with E-state index >= 15 is 0 Å². The number of piperidine rings is 1. The summed E-state index contributed by atoms with van der Waals surface area (Å²) in [5.41, 5.74) is 6.94. The number of rotatable bonds is 4. The fourth-order valence-corrected chi connectivity index (χ4v) is 2.76. The second kappa shape index (κ2) is 6.07. The van der Waals surface area contributed by atoms with Gasteiger partial charge < -0.3 is 10.6 Å². The summed E-state index contributed by atoms with van der Waals surface area (Å²) in [6, 6.07) is -0.117. The van der Waals surface area contributed by atoms with Crippen molar-refractivity contribution < 1.29 is 9.59 Å². The molecule has 20 heavy (non-hydrogen) atoms. The molecule has 1 aliphatic heterocycles. The number of ketones is 1. The Morgan fingerprint density at radius 1 is 1.40 bits per heavy atom. The molecule has 6 nitrogen and oxygen atoms in total. The first-order chi connectivity index (χ1) is 9.54. The molecule has 0 bridgehead atoms. The molecule has 2 N–H and O–H groups in total. The number of hydrogen-bond donors (Lipinski definition) is 1. The Hall–Kier alpha value is -1.85. The third kappa shape index (κ3) is 2.84. The number of carbonyl (C=O) groups excluding carboxylic acids is 2. The van der Waals surface area contributed by atoms with Gasteiger partial charge in [0.25, 0.3) is 0 Å². The van der Waals surface area contributed by atoms with Crippen LogP contribution in [0.5, 0.6) is 0 Å². The van der Waals surface area contributed by atoms with Gasteiger partial charge in [-0.3, -0.25) is 9.48 Å². The number of urea groups is 1. The predicted molar refractivity (Wildman–Crippen MR) is 75.6 cm³/mol. The molecule has 110 valence electrons. The molecule has 1 aromatic rings. The summed E-state index contributed by atoms with van der Waals surface area (Å²) in [6.07, 6.45) is 4.74. The monoisotopic (exact) mass is 278 g/mol. The van der Waals surface area contributed by atoms with E-state index in [0.29, 0.717) is 19.5 Å². The van der Waals surface area contributed by atoms with Crippen molar-refractivity contribution in [3.05, 3.63) is 17.5 Å². The molecule has 2 amide bonds. The zero-order valence-corrected chi connectivity index (χ0v) is 12.1. The van der Waals surface area contributed by atoms with Gasteiger partial charge in [-0.1, -0.05) is 6.92 Å². The van der Waals surface area contributed by atoms with Crippen molar-refractivity contribution in [1.82, 2.24) is 14.7 Å². The van der Waals surface area contributed by atoms with Crippen LogP contribution >= 0.6 is 0 Å². The summed E-state index contributed by atoms with van der Waals surface area (Å²) in [5, 5.41) is 4.37. The molecule has 0 aromatic carbocycles. The van der Waals surface area contributed by atoms with Gasteiger partial charge in [0, 0.05) is 25.2 Å². The summed E-state index contributed by atoms with van der Waals surface area (Å²) in [4.78, 5) is 24.7. The Kier molecular flexibility index (Phi) is 4.42. The fourth-order valence-electron chi connectivity index (χ4n) is 2.76. The smallest absolute Gasteiger partial charge is 0.314 e. The number of likely N-dealkylation sites (tertiary alicyclic amines) is 1. The fraction of sp³-hybridized carbons (Fsp3) is 0.643. The highest BCUT2D eigenvalue weighted by atomic mass is 16.2. The minimum atomic E-state index is -0.362. The number of aromatic nitrogens is 2. The second-order valence-corrected chi connectivity index (χ2v) is 5.32. The Bertz CT molecular complexity index is 501. The zero-order chi connectivity index (χ0) is 14.7. The molecule has 0 unspecified atom stereocenters. The lowest BCUT2D eigenvalue weighted by Gasteiger charge is -2.31. The second-order valence-electron chi connectivity index (χ2n) is 5.32. The van der Waals surface area contributed by atoms with Gasteiger partial charge in [-0.15, -0.1) is 0 Å². The first kappa shape index (κ1) is 14.6. The van der Waals surface area contributed by atoms with Crippen molar-refractivity contribution in [3.8, 4) is 0 Å². The Labute approximate surface area is 118 Å². The van der Waals surface area contributed by atoms with Crippen LogP contribution < -0.4 is 5.73 Å². The van der Waals surface area contributed by atoms with Gasteiger partial charge >= 0.3 is 6.03 Å². The van der Waals surface area contributed by atoms with E-state index in [4.69, 9.17) is 5.73 Å². The number of nitrogens with zero attached hydrogens (tertiary/aromatic N) is 3. The van der Waals surface area contributed by atoms with Crippen LogP contribution in [-0.2, 0) is 0 Å². The maximum Gasteiger partial charge on any atom is 0.314 e. The van der Waals surface area contributed by atoms with Gasteiger partial charge in [0.05, 0.1) is 17.8 Å². The molecule has 6 heteroatoms. The quantitative estimate of drug-likeness (QED) is 0.854. The van der Waals surface area contributed by atoms with E-state index in [2.05, 4.69) is 5.10 Å². The zero-order valence-electron chi connectivity index (χ0n) is 12.1. The van der Waals surface area contributed by atoms with Crippen molar-refractivity contribution in [2.75, 3.05) is 13.1 Å². The molecule has 1 aromatic heterocycles. The predicted octanol–water partition coefficient (Wildman–Crippen LogP) is 1.89. The standard InChI is InChI=1S/C14H22N4O2/c1-3-4-13(19)12-9-16-18(10(12)2)11-5-7-17(8-6-11)14(15)20/h9,11H,3-8H2,1-2H3,(H2,15,20). The SMILES string of the molecule is CCCC(=O)c1cnn(C2CCN(C(N)=O)CC2)c1C. The van der Waals surface area contributed by atoms with E-state index in [1.807, 2.05) is 18.5 Å². The lowest BCUT2D eigenvalue weighted by molar-refractivity contribution is 0.0981. The molecule has 1 saturated heterocycles. The summed E-state index contributed by atoms with van der Waals surface area (Å²) in [5.74, 6) is 0.158. The van der Waals surface area contributed by atoms with Crippen LogP contribution in [0.2, 0.25) is 0 Å². The van der Waals surface area contributed by atoms with Crippen molar-refractivity contribution in [1.29, 1.82) is 0 Å². The van der Waals surface area contributed by atoms with E-state index in [1.54, 1.807) is 11.1 Å². The molecule has 2 heterocycles. The van der Waals surface area contributed by atoms with Crippen molar-refractivity contribution in [3.63, 3.8) is 0 Å². The topological polar surface area (TPSA) is 81.2 Å². The van der Waals surface area contributed by atoms with Crippen LogP contribution in [0.1, 0.15) is 54.7 Å². The molecular weight excluding hydrogens is 256 g/mol. The van der Waals surface area contributed by atoms with E-state index in [9.17, 15) is 9.59 Å². The Morgan fingerprint density at radius 3 is 2.60 bits per heavy atom. The number of hydrogen-bond acceptors (Lipinski definition) is 3. The highest BCUT2D eigenvalue weighted by Gasteiger charge is 2.25. The average molecular weight is 278 g/mol. The van der Waals surface area contributed by atoms with Crippen LogP contribution in [0.25, 0.3) is 0 Å². The number of Topliss-reactive ketones (excluding diaryl/α,β-unsaturated/α-hetero) is 1. The van der Waals surface area contributed by atoms with E-state index < -0.39 is 0 Å². The maximum absolute atomic E-state index is 12.0. The molecule has 2 rings (SSSR count). The van der Waals surface area contributed by atoms with Crippen molar-refractivity contribution in [2.24, 2.45) is 5.73 Å². The first-order valence-corrected chi connectivity index (χ1v) is 7.16. The van der Waals surface area contributed by atoms with Crippen LogP contribution in [0, 0.1) is 6.92 Å². The highest BCUT2D eigenvalue weighted by Crippen LogP contribution is 2.24. The molecule has 1 fully saturated rings. The lowest BCUT2D eigenvalue weighted by Crippen LogP contribution is -2.42. The van der Waals surface area contributed by atoms with Gasteiger partial charge in [-0.2, -0.15) is 5.10 Å². The maximum atomic E-state index is 12.0. The molecule has 0 spiro atoms. The van der Waals surface area contributed by atoms with Crippen molar-refractivity contribution >= 4 is 11.8 Å². The van der Waals surface area contributed by atoms with Crippen LogP contribution in [0.4, 0.5) is 4.79 Å². The van der Waals surface area contributed by atoms with E-state index in [-0.39, 0.29) is 17.9 Å². The van der Waals surface area contributed by atoms with Crippen LogP contribution in [0.15, 0.2) is 6.20 Å². The number of carbonyl (C=O) groups is 2. The molecule has 0 aliphatic carbocycles. The molecule has 0 atom stereocenters. The van der Waals surface area contributed by atoms with Gasteiger partial charge in [-0.25, -0.2) is 4.79 Å². The first-order valence-electron chi connectivity index (χ1n) is 7.16. The third-order valence-electron chi connectivity index (χ3n) is 3.94. The normalized spacial score (nSPS) is 16.4. The molecule has 1 aliphatic rings. The average Bonchev–Trinajstić information content (AvgIpc) is 2.81. The molecule has 0 radical (unpaired) electrons. The highest BCUT2D eigenvalue weighted by molar-refractivity contribution is 5.96. The van der Waals surface area contributed by atoms with E-state index in [1.165, 1.54) is 0 Å². The summed E-state index contributed by atoms with van der Waals surface area (Å²) in [6.45, 7) is 5.24. The van der Waals surface area contributed by atoms with Gasteiger partial charge in [-0.05, 0) is 26.2 Å². The summed E-state index contributed by atoms with van der Waals surface area (Å²) < 4.78 is 1.93. The van der Waals surface area contributed by atoms with Crippen LogP contribution in [0.3, 0.4) is 0 Å². The Balaban J connectivity index is 2.08. The van der Waals surface area contributed by atoms with Gasteiger partial charge in [0.2, 0.25) is 0 Å². The minimum Gasteiger partial charge on any atom is -0.351 e. The number of nitrogens with two attached hydrogens (primary N) is 1. The van der Waals surface area contributed by atoms with Gasteiger partial charge in [0.15, 0.2) is 5.78 Å². The van der Waals surface area contributed by atoms with Gasteiger partial charge in [0.1, 0.15) is 0 Å². The number of primary amides is 1. The van der Waals surface area contributed by atoms with Crippen molar-refractivity contribution in [2.45, 2.75) is 45.6 Å². The van der Waals surface area contributed by atoms with Crippen LogP contribution in [-0.4, -0.2) is 39.6 Å². The third-order valence-corrected chi connectivity index (χ3v) is 3.94. The number of amides is 2. The summed E-state index contributed by atoms with van der Waals surface area (Å²) >= 11 is 0. The molecule has 0 saturated carbocycles.